The van der Waals surface area contributed by atoms with E-state index in [0.29, 0.717) is 5.41 Å². The summed E-state index contributed by atoms with van der Waals surface area (Å²) in [6.07, 6.45) is 5.66. The molecule has 0 atom stereocenters. The van der Waals surface area contributed by atoms with E-state index in [1.807, 2.05) is 12.3 Å². The van der Waals surface area contributed by atoms with Crippen LogP contribution in [-0.2, 0) is 6.42 Å². The molecule has 1 aromatic heterocycles. The molecular weight excluding hydrogens is 206 g/mol. The Morgan fingerprint density at radius 3 is 2.65 bits per heavy atom. The monoisotopic (exact) mass is 227 g/mol. The zero-order chi connectivity index (χ0) is 12.3. The Kier molecular flexibility index (Phi) is 3.46. The van der Waals surface area contributed by atoms with Gasteiger partial charge in [0.25, 0.3) is 0 Å². The summed E-state index contributed by atoms with van der Waals surface area (Å²) in [5.41, 5.74) is 2.88. The second-order valence-electron chi connectivity index (χ2n) is 5.95. The van der Waals surface area contributed by atoms with Crippen molar-refractivity contribution in [3.8, 4) is 0 Å². The third-order valence-electron chi connectivity index (χ3n) is 3.04. The molecule has 0 N–H and O–H groups in total. The molecule has 0 fully saturated rings. The smallest absolute Gasteiger partial charge is 0.0702 e. The van der Waals surface area contributed by atoms with Gasteiger partial charge < -0.3 is 0 Å². The Hall–Kier alpha value is -1.37. The van der Waals surface area contributed by atoms with E-state index in [4.69, 9.17) is 0 Å². The number of hydrogen-bond donors (Lipinski definition) is 0. The van der Waals surface area contributed by atoms with E-state index in [1.165, 1.54) is 23.8 Å². The molecule has 2 aromatic rings. The van der Waals surface area contributed by atoms with Gasteiger partial charge in [-0.25, -0.2) is 0 Å². The van der Waals surface area contributed by atoms with Gasteiger partial charge >= 0.3 is 0 Å². The molecule has 0 radical (unpaired) electrons. The van der Waals surface area contributed by atoms with Crippen molar-refractivity contribution in [2.24, 2.45) is 5.41 Å². The second-order valence-corrected chi connectivity index (χ2v) is 5.95. The van der Waals surface area contributed by atoms with Crippen LogP contribution in [0.2, 0.25) is 0 Å². The summed E-state index contributed by atoms with van der Waals surface area (Å²) in [7, 11) is 0. The number of aromatic nitrogens is 1. The lowest BCUT2D eigenvalue weighted by molar-refractivity contribution is 0.365. The van der Waals surface area contributed by atoms with Gasteiger partial charge in [-0.15, -0.1) is 0 Å². The lowest BCUT2D eigenvalue weighted by Gasteiger charge is -2.17. The van der Waals surface area contributed by atoms with Gasteiger partial charge in [0, 0.05) is 11.6 Å². The van der Waals surface area contributed by atoms with Crippen LogP contribution in [-0.4, -0.2) is 4.98 Å². The van der Waals surface area contributed by atoms with Crippen molar-refractivity contribution in [2.75, 3.05) is 0 Å². The van der Waals surface area contributed by atoms with Crippen LogP contribution in [0.4, 0.5) is 0 Å². The quantitative estimate of drug-likeness (QED) is 0.746. The summed E-state index contributed by atoms with van der Waals surface area (Å²) in [4.78, 5) is 4.50. The van der Waals surface area contributed by atoms with E-state index in [0.717, 1.165) is 11.9 Å². The molecule has 0 unspecified atom stereocenters. The van der Waals surface area contributed by atoms with Crippen LogP contribution in [0.5, 0.6) is 0 Å². The van der Waals surface area contributed by atoms with Gasteiger partial charge in [0.05, 0.1) is 5.52 Å². The Bertz CT molecular complexity index is 494. The van der Waals surface area contributed by atoms with Crippen molar-refractivity contribution in [3.05, 3.63) is 42.1 Å². The minimum absolute atomic E-state index is 0.435. The fraction of sp³-hybridized carbons (Fsp3) is 0.438. The lowest BCUT2D eigenvalue weighted by atomic mass is 9.89. The first kappa shape index (κ1) is 12.1. The Balaban J connectivity index is 2.04. The summed E-state index contributed by atoms with van der Waals surface area (Å²) in [6, 6.07) is 10.6. The van der Waals surface area contributed by atoms with Crippen LogP contribution >= 0.6 is 0 Å². The van der Waals surface area contributed by atoms with E-state index in [1.54, 1.807) is 0 Å². The summed E-state index contributed by atoms with van der Waals surface area (Å²) in [6.45, 7) is 6.89. The zero-order valence-corrected chi connectivity index (χ0v) is 11.0. The van der Waals surface area contributed by atoms with E-state index >= 15 is 0 Å². The Morgan fingerprint density at radius 2 is 1.88 bits per heavy atom. The molecule has 0 aliphatic carbocycles. The topological polar surface area (TPSA) is 12.9 Å². The predicted octanol–water partition coefficient (Wildman–Crippen LogP) is 4.60. The van der Waals surface area contributed by atoms with Crippen LogP contribution in [0.25, 0.3) is 10.9 Å². The molecular formula is C16H21N. The predicted molar refractivity (Wildman–Crippen MR) is 74.1 cm³/mol. The van der Waals surface area contributed by atoms with Gasteiger partial charge in [-0.05, 0) is 42.4 Å². The van der Waals surface area contributed by atoms with Gasteiger partial charge in [-0.1, -0.05) is 39.0 Å². The highest BCUT2D eigenvalue weighted by Crippen LogP contribution is 2.22. The van der Waals surface area contributed by atoms with Gasteiger partial charge in [0.2, 0.25) is 0 Å². The molecule has 0 aliphatic rings. The first-order valence-corrected chi connectivity index (χ1v) is 6.38. The van der Waals surface area contributed by atoms with Crippen molar-refractivity contribution in [1.29, 1.82) is 0 Å². The van der Waals surface area contributed by atoms with E-state index in [-0.39, 0.29) is 0 Å². The molecule has 1 nitrogen and oxygen atoms in total. The number of aryl methyl sites for hydroxylation is 1. The van der Waals surface area contributed by atoms with Gasteiger partial charge in [-0.3, -0.25) is 4.98 Å². The maximum absolute atomic E-state index is 4.50. The standard InChI is InChI=1S/C16H21N/c1-16(2,3)10-6-7-13-11-14-8-4-5-9-15(14)17-12-13/h4-5,8-9,11-12H,6-7,10H2,1-3H3. The van der Waals surface area contributed by atoms with Crippen LogP contribution in [0.1, 0.15) is 39.2 Å². The van der Waals surface area contributed by atoms with E-state index < -0.39 is 0 Å². The van der Waals surface area contributed by atoms with Crippen LogP contribution < -0.4 is 0 Å². The maximum Gasteiger partial charge on any atom is 0.0702 e. The summed E-state index contributed by atoms with van der Waals surface area (Å²) in [5, 5.41) is 1.25. The number of nitrogens with zero attached hydrogens (tertiary/aromatic N) is 1. The molecule has 0 bridgehead atoms. The summed E-state index contributed by atoms with van der Waals surface area (Å²) in [5.74, 6) is 0. The van der Waals surface area contributed by atoms with Crippen molar-refractivity contribution >= 4 is 10.9 Å². The highest BCUT2D eigenvalue weighted by molar-refractivity contribution is 5.78. The molecule has 0 saturated heterocycles. The molecule has 17 heavy (non-hydrogen) atoms. The molecule has 0 aliphatic heterocycles. The Labute approximate surface area is 104 Å². The minimum Gasteiger partial charge on any atom is -0.256 e. The SMILES string of the molecule is CC(C)(C)CCCc1cnc2ccccc2c1. The zero-order valence-electron chi connectivity index (χ0n) is 11.0. The number of benzene rings is 1. The largest absolute Gasteiger partial charge is 0.256 e. The minimum atomic E-state index is 0.435. The summed E-state index contributed by atoms with van der Waals surface area (Å²) >= 11 is 0. The normalized spacial score (nSPS) is 11.9. The van der Waals surface area contributed by atoms with E-state index in [2.05, 4.69) is 50.0 Å². The lowest BCUT2D eigenvalue weighted by Crippen LogP contribution is -2.05. The van der Waals surface area contributed by atoms with Gasteiger partial charge in [0.1, 0.15) is 0 Å². The van der Waals surface area contributed by atoms with Gasteiger partial charge in [0.15, 0.2) is 0 Å². The first-order chi connectivity index (χ1) is 8.04. The average molecular weight is 227 g/mol. The van der Waals surface area contributed by atoms with Crippen molar-refractivity contribution in [1.82, 2.24) is 4.98 Å². The number of fused-ring (bicyclic) bond motifs is 1. The van der Waals surface area contributed by atoms with Crippen LogP contribution in [0, 0.1) is 5.41 Å². The third-order valence-corrected chi connectivity index (χ3v) is 3.04. The first-order valence-electron chi connectivity index (χ1n) is 6.38. The average Bonchev–Trinajstić information content (AvgIpc) is 2.27. The fourth-order valence-corrected chi connectivity index (χ4v) is 2.08. The van der Waals surface area contributed by atoms with E-state index in [9.17, 15) is 0 Å². The Morgan fingerprint density at radius 1 is 1.12 bits per heavy atom. The molecule has 1 heterocycles. The van der Waals surface area contributed by atoms with Gasteiger partial charge in [-0.2, -0.15) is 0 Å². The highest BCUT2D eigenvalue weighted by atomic mass is 14.6. The van der Waals surface area contributed by atoms with Crippen molar-refractivity contribution in [2.45, 2.75) is 40.0 Å². The molecule has 1 aromatic carbocycles. The van der Waals surface area contributed by atoms with Crippen LogP contribution in [0.3, 0.4) is 0 Å². The maximum atomic E-state index is 4.50. The summed E-state index contributed by atoms with van der Waals surface area (Å²) < 4.78 is 0. The van der Waals surface area contributed by atoms with Crippen molar-refractivity contribution in [3.63, 3.8) is 0 Å². The number of para-hydroxylation sites is 1. The molecule has 0 amide bonds. The number of hydrogen-bond acceptors (Lipinski definition) is 1. The fourth-order valence-electron chi connectivity index (χ4n) is 2.08. The third kappa shape index (κ3) is 3.55. The highest BCUT2D eigenvalue weighted by Gasteiger charge is 2.09. The number of pyridine rings is 1. The molecule has 1 heteroatoms. The molecule has 0 saturated carbocycles. The van der Waals surface area contributed by atoms with Crippen molar-refractivity contribution < 1.29 is 0 Å². The number of rotatable bonds is 3. The molecule has 2 rings (SSSR count). The molecule has 90 valence electrons. The second kappa shape index (κ2) is 4.87. The van der Waals surface area contributed by atoms with Crippen LogP contribution in [0.15, 0.2) is 36.5 Å². The molecule has 0 spiro atoms.